The molecule has 0 fully saturated rings. The Labute approximate surface area is 62.0 Å². The van der Waals surface area contributed by atoms with Gasteiger partial charge in [-0.05, 0) is 0 Å². The summed E-state index contributed by atoms with van der Waals surface area (Å²) in [6, 6.07) is 0. The summed E-state index contributed by atoms with van der Waals surface area (Å²) < 4.78 is 24.4. The van der Waals surface area contributed by atoms with Crippen LogP contribution in [0.2, 0.25) is 0 Å². The summed E-state index contributed by atoms with van der Waals surface area (Å²) in [6.07, 6.45) is 0. The van der Waals surface area contributed by atoms with Crippen LogP contribution in [0.1, 0.15) is 0 Å². The van der Waals surface area contributed by atoms with Crippen LogP contribution in [-0.2, 0) is 39.2 Å². The van der Waals surface area contributed by atoms with Crippen molar-refractivity contribution >= 4 is 18.9 Å². The maximum atomic E-state index is 8.67. The van der Waals surface area contributed by atoms with Gasteiger partial charge in [-0.3, -0.25) is 0 Å². The number of rotatable bonds is 0. The number of hydrogen-bond acceptors (Lipinski definition) is 2. The Bertz CT molecular complexity index is 59.2. The van der Waals surface area contributed by atoms with Crippen molar-refractivity contribution in [3.05, 3.63) is 0 Å². The summed E-state index contributed by atoms with van der Waals surface area (Å²) in [5, 5.41) is 0. The van der Waals surface area contributed by atoms with E-state index in [9.17, 15) is 0 Å². The van der Waals surface area contributed by atoms with Crippen LogP contribution in [0.15, 0.2) is 0 Å². The molecule has 3 nitrogen and oxygen atoms in total. The van der Waals surface area contributed by atoms with Gasteiger partial charge in [-0.25, -0.2) is 0 Å². The van der Waals surface area contributed by atoms with Gasteiger partial charge in [0.25, 0.3) is 0 Å². The molecule has 0 heterocycles. The van der Waals surface area contributed by atoms with Crippen molar-refractivity contribution in [3.63, 3.8) is 0 Å². The molecule has 0 amide bonds. The van der Waals surface area contributed by atoms with Crippen molar-refractivity contribution < 1.29 is 43.3 Å². The molecule has 0 aromatic rings. The SMILES string of the molecule is [LiH].[Ni].[O]=[V](=[O])[OH]. The van der Waals surface area contributed by atoms with Crippen LogP contribution >= 0.6 is 0 Å². The summed E-state index contributed by atoms with van der Waals surface area (Å²) in [5.41, 5.74) is 0. The molecular weight excluding hydrogens is 165 g/mol. The van der Waals surface area contributed by atoms with Crippen LogP contribution in [-0.4, -0.2) is 22.9 Å². The monoisotopic (exact) mass is 166 g/mol. The quantitative estimate of drug-likeness (QED) is 0.448. The van der Waals surface area contributed by atoms with Crippen molar-refractivity contribution in [2.24, 2.45) is 0 Å². The molecule has 0 rings (SSSR count). The molecule has 0 unspecified atom stereocenters. The first kappa shape index (κ1) is 15.7. The second-order valence-electron chi connectivity index (χ2n) is 0.238. The first-order chi connectivity index (χ1) is 1.73. The molecule has 0 aromatic carbocycles. The zero-order valence-electron chi connectivity index (χ0n) is 2.03. The molecule has 0 aliphatic carbocycles. The second kappa shape index (κ2) is 9.53. The van der Waals surface area contributed by atoms with Gasteiger partial charge in [-0.15, -0.1) is 0 Å². The summed E-state index contributed by atoms with van der Waals surface area (Å²) in [5.74, 6) is 0. The van der Waals surface area contributed by atoms with E-state index in [4.69, 9.17) is 11.4 Å². The molecule has 0 saturated heterocycles. The van der Waals surface area contributed by atoms with Crippen LogP contribution in [0.5, 0.6) is 0 Å². The van der Waals surface area contributed by atoms with E-state index in [-0.39, 0.29) is 35.4 Å². The van der Waals surface area contributed by atoms with Gasteiger partial charge in [0.2, 0.25) is 0 Å². The van der Waals surface area contributed by atoms with Gasteiger partial charge < -0.3 is 0 Å². The van der Waals surface area contributed by atoms with E-state index in [0.29, 0.717) is 0 Å². The van der Waals surface area contributed by atoms with Gasteiger partial charge in [0.05, 0.1) is 0 Å². The van der Waals surface area contributed by atoms with Crippen LogP contribution in [0.4, 0.5) is 0 Å². The van der Waals surface area contributed by atoms with E-state index in [1.807, 2.05) is 0 Å². The molecule has 0 saturated carbocycles. The molecule has 1 N–H and O–H groups in total. The van der Waals surface area contributed by atoms with Gasteiger partial charge in [-0.1, -0.05) is 0 Å². The molecular formula is H2LiNiO3V. The third-order valence-corrected chi connectivity index (χ3v) is 0. The van der Waals surface area contributed by atoms with E-state index in [0.717, 1.165) is 0 Å². The van der Waals surface area contributed by atoms with Crippen molar-refractivity contribution in [1.82, 2.24) is 0 Å². The summed E-state index contributed by atoms with van der Waals surface area (Å²) in [6.45, 7) is 0. The zero-order chi connectivity index (χ0) is 3.58. The number of hydrogen-bond donors (Lipinski definition) is 1. The van der Waals surface area contributed by atoms with Crippen LogP contribution in [0, 0.1) is 0 Å². The molecule has 0 radical (unpaired) electrons. The molecule has 0 spiro atoms. The topological polar surface area (TPSA) is 54.4 Å². The summed E-state index contributed by atoms with van der Waals surface area (Å²) in [7, 11) is 0. The second-order valence-corrected chi connectivity index (χ2v) is 0.981. The predicted octanol–water partition coefficient (Wildman–Crippen LogP) is -1.45. The summed E-state index contributed by atoms with van der Waals surface area (Å²) in [4.78, 5) is 0. The fourth-order valence-electron chi connectivity index (χ4n) is 0. The van der Waals surface area contributed by atoms with E-state index in [1.165, 1.54) is 0 Å². The Balaban J connectivity index is -0.0000000450. The van der Waals surface area contributed by atoms with Crippen LogP contribution in [0.25, 0.3) is 0 Å². The molecule has 6 heavy (non-hydrogen) atoms. The van der Waals surface area contributed by atoms with Gasteiger partial charge in [0.1, 0.15) is 0 Å². The molecule has 0 aliphatic heterocycles. The van der Waals surface area contributed by atoms with Crippen molar-refractivity contribution in [2.75, 3.05) is 0 Å². The zero-order valence-corrected chi connectivity index (χ0v) is 4.41. The normalized spacial score (nSPS) is 4.17. The van der Waals surface area contributed by atoms with E-state index < -0.39 is 15.4 Å². The third-order valence-electron chi connectivity index (χ3n) is 0. The summed E-state index contributed by atoms with van der Waals surface area (Å²) >= 11 is -3.69. The Morgan fingerprint density at radius 2 is 1.33 bits per heavy atom. The Kier molecular flexibility index (Phi) is 24.9. The van der Waals surface area contributed by atoms with Crippen LogP contribution < -0.4 is 0 Å². The maximum absolute atomic E-state index is 8.67. The molecule has 0 aromatic heterocycles. The van der Waals surface area contributed by atoms with Gasteiger partial charge >= 0.3 is 45.6 Å². The van der Waals surface area contributed by atoms with E-state index in [1.54, 1.807) is 0 Å². The third kappa shape index (κ3) is 61.5. The molecule has 0 aliphatic rings. The Morgan fingerprint density at radius 3 is 1.33 bits per heavy atom. The van der Waals surface area contributed by atoms with Gasteiger partial charge in [0, 0.05) is 16.5 Å². The molecule has 6 heteroatoms. The van der Waals surface area contributed by atoms with Crippen LogP contribution in [0.3, 0.4) is 0 Å². The Hall–Kier alpha value is 1.24. The van der Waals surface area contributed by atoms with Crippen molar-refractivity contribution in [2.45, 2.75) is 0 Å². The minimum atomic E-state index is -3.69. The fraction of sp³-hybridized carbons (Fsp3) is 0. The van der Waals surface area contributed by atoms with Crippen molar-refractivity contribution in [3.8, 4) is 0 Å². The fourth-order valence-corrected chi connectivity index (χ4v) is 0. The average molecular weight is 167 g/mol. The van der Waals surface area contributed by atoms with E-state index >= 15 is 0 Å². The standard InChI is InChI=1S/Li.Ni.H2O.2O.V.H/h;;1H2;;;;/q;;;;;+1;/p-1. The molecule has 0 atom stereocenters. The first-order valence-electron chi connectivity index (χ1n) is 0.565. The predicted molar refractivity (Wildman–Crippen MR) is 10.7 cm³/mol. The molecule has 0 bridgehead atoms. The van der Waals surface area contributed by atoms with E-state index in [2.05, 4.69) is 0 Å². The van der Waals surface area contributed by atoms with Crippen molar-refractivity contribution in [1.29, 1.82) is 0 Å². The van der Waals surface area contributed by atoms with Gasteiger partial charge in [-0.2, -0.15) is 0 Å². The van der Waals surface area contributed by atoms with Gasteiger partial charge in [0.15, 0.2) is 0 Å². The molecule has 36 valence electrons. The average Bonchev–Trinajstić information content (AvgIpc) is 0.811. The minimum absolute atomic E-state index is 0. The first-order valence-corrected chi connectivity index (χ1v) is 2.33. The Morgan fingerprint density at radius 1 is 1.33 bits per heavy atom.